The van der Waals surface area contributed by atoms with Crippen LogP contribution in [0.3, 0.4) is 0 Å². The number of rotatable bonds is 20. The van der Waals surface area contributed by atoms with Crippen LogP contribution in [0.25, 0.3) is 30.4 Å². The maximum absolute atomic E-state index is 14.7. The molecule has 0 aliphatic heterocycles. The maximum Gasteiger partial charge on any atom is 0.333 e. The topological polar surface area (TPSA) is 307 Å². The third kappa shape index (κ3) is 15.0. The minimum absolute atomic E-state index is 0.0195. The summed E-state index contributed by atoms with van der Waals surface area (Å²) in [4.78, 5) is 85.8. The number of carboxylic acids is 1. The second-order valence-corrected chi connectivity index (χ2v) is 26.7. The molecule has 2 aromatic carbocycles. The molecule has 0 amide bonds. The minimum atomic E-state index is -1.89. The van der Waals surface area contributed by atoms with E-state index >= 15 is 0 Å². The lowest BCUT2D eigenvalue weighted by Gasteiger charge is -2.31. The van der Waals surface area contributed by atoms with Crippen LogP contribution in [0.15, 0.2) is 80.4 Å². The summed E-state index contributed by atoms with van der Waals surface area (Å²) >= 11 is 2.29. The molecule has 6 heterocycles. The predicted octanol–water partition coefficient (Wildman–Crippen LogP) is 8.17. The molecule has 5 N–H and O–H groups in total. The number of aryl methyl sites for hydroxylation is 2. The Bertz CT molecular complexity index is 4110. The number of methoxy groups -OCH3 is 2. The number of hydrogen-bond acceptors (Lipinski definition) is 19. The van der Waals surface area contributed by atoms with E-state index in [0.29, 0.717) is 106 Å². The zero-order valence-electron chi connectivity index (χ0n) is 53.2. The van der Waals surface area contributed by atoms with Gasteiger partial charge in [-0.25, -0.2) is 32.3 Å². The maximum atomic E-state index is 14.7. The van der Waals surface area contributed by atoms with Crippen LogP contribution in [0.2, 0.25) is 0 Å². The summed E-state index contributed by atoms with van der Waals surface area (Å²) in [7, 11) is 2.92. The Morgan fingerprint density at radius 2 is 0.978 bits per heavy atom. The van der Waals surface area contributed by atoms with Gasteiger partial charge in [-0.1, -0.05) is 50.4 Å². The molecule has 8 aromatic rings. The average molecular weight is 1300 g/mol. The zero-order chi connectivity index (χ0) is 66.6. The SMILES string of the molecule is CC(C)N.COc1ccc(F)cc1[C@H](Cn1c(=O)n(C(C)(C)C(=O)CC(C)C)c(=O)c2c(C)c(-n3nccn3)sc21)OC1CCC(O)CC1.COc1ccc(F)cc1[C@H](Cn1c(=O)n(C(C)(C)C(=O)O)c(=O)c2c(C)c(-n3nccn3)sc21)OC1CCC(O)CC1. The van der Waals surface area contributed by atoms with E-state index < -0.39 is 75.6 Å². The number of aliphatic carboxylic acids is 1. The number of carbonyl (C=O) groups is 2. The molecule has 28 heteroatoms. The number of carboxylic acid groups (broad SMARTS) is 1. The molecule has 492 valence electrons. The summed E-state index contributed by atoms with van der Waals surface area (Å²) < 4.78 is 58.0. The number of aromatic nitrogens is 10. The molecule has 2 atom stereocenters. The van der Waals surface area contributed by atoms with E-state index in [1.54, 1.807) is 27.7 Å². The number of hydrogen-bond donors (Lipinski definition) is 4. The van der Waals surface area contributed by atoms with Gasteiger partial charge < -0.3 is 40.0 Å². The summed E-state index contributed by atoms with van der Waals surface area (Å²) in [6.07, 6.45) is 7.43. The first-order valence-corrected chi connectivity index (χ1v) is 31.8. The lowest BCUT2D eigenvalue weighted by Crippen LogP contribution is -2.53. The smallest absolute Gasteiger partial charge is 0.333 e. The van der Waals surface area contributed by atoms with Gasteiger partial charge in [0.1, 0.15) is 66.1 Å². The van der Waals surface area contributed by atoms with Gasteiger partial charge in [-0.2, -0.15) is 20.4 Å². The molecule has 0 bridgehead atoms. The fourth-order valence-electron chi connectivity index (χ4n) is 11.3. The highest BCUT2D eigenvalue weighted by atomic mass is 32.1. The van der Waals surface area contributed by atoms with Crippen LogP contribution in [-0.4, -0.2) is 120 Å². The van der Waals surface area contributed by atoms with Crippen LogP contribution in [0.4, 0.5) is 8.78 Å². The van der Waals surface area contributed by atoms with Crippen molar-refractivity contribution in [1.82, 2.24) is 48.3 Å². The molecule has 0 saturated heterocycles. The number of thiophene rings is 2. The third-order valence-electron chi connectivity index (χ3n) is 16.3. The molecular weight excluding hydrogens is 1220 g/mol. The van der Waals surface area contributed by atoms with Crippen LogP contribution in [0.5, 0.6) is 11.5 Å². The summed E-state index contributed by atoms with van der Waals surface area (Å²) in [5.74, 6) is -1.91. The van der Waals surface area contributed by atoms with Crippen molar-refractivity contribution in [3.8, 4) is 21.5 Å². The number of ether oxygens (including phenoxy) is 4. The van der Waals surface area contributed by atoms with E-state index in [2.05, 4.69) is 20.4 Å². The van der Waals surface area contributed by atoms with E-state index in [0.717, 1.165) is 20.5 Å². The molecule has 0 radical (unpaired) electrons. The predicted molar refractivity (Wildman–Crippen MR) is 340 cm³/mol. The summed E-state index contributed by atoms with van der Waals surface area (Å²) in [6.45, 7) is 16.6. The van der Waals surface area contributed by atoms with Crippen molar-refractivity contribution in [1.29, 1.82) is 0 Å². The van der Waals surface area contributed by atoms with Gasteiger partial charge in [0, 0.05) is 28.7 Å². The largest absolute Gasteiger partial charge is 0.496 e. The molecule has 2 fully saturated rings. The van der Waals surface area contributed by atoms with E-state index in [1.165, 1.54) is 119 Å². The number of nitrogens with two attached hydrogens (primary N) is 1. The van der Waals surface area contributed by atoms with Crippen LogP contribution in [-0.2, 0) is 43.2 Å². The van der Waals surface area contributed by atoms with Gasteiger partial charge in [0.15, 0.2) is 5.78 Å². The monoisotopic (exact) mass is 1300 g/mol. The first-order chi connectivity index (χ1) is 43.0. The van der Waals surface area contributed by atoms with Gasteiger partial charge in [0.25, 0.3) is 11.1 Å². The van der Waals surface area contributed by atoms with E-state index in [9.17, 15) is 52.9 Å². The van der Waals surface area contributed by atoms with Gasteiger partial charge in [-0.05, 0) is 141 Å². The number of benzene rings is 2. The van der Waals surface area contributed by atoms with Crippen molar-refractivity contribution in [3.05, 3.63) is 137 Å². The van der Waals surface area contributed by atoms with Crippen molar-refractivity contribution < 1.29 is 52.6 Å². The fraction of sp³-hybridized carbons (Fsp3) is 0.524. The van der Waals surface area contributed by atoms with Crippen LogP contribution in [0.1, 0.15) is 148 Å². The van der Waals surface area contributed by atoms with Gasteiger partial charge in [-0.3, -0.25) is 23.5 Å². The van der Waals surface area contributed by atoms with Gasteiger partial charge in [-0.15, -0.1) is 9.59 Å². The van der Waals surface area contributed by atoms with E-state index in [-0.39, 0.29) is 59.0 Å². The van der Waals surface area contributed by atoms with Crippen molar-refractivity contribution in [3.63, 3.8) is 0 Å². The van der Waals surface area contributed by atoms with Crippen LogP contribution < -0.4 is 37.7 Å². The Morgan fingerprint density at radius 1 is 0.626 bits per heavy atom. The van der Waals surface area contributed by atoms with Crippen molar-refractivity contribution >= 4 is 54.9 Å². The van der Waals surface area contributed by atoms with Crippen LogP contribution in [0, 0.1) is 31.4 Å². The highest BCUT2D eigenvalue weighted by Gasteiger charge is 2.39. The Labute approximate surface area is 531 Å². The third-order valence-corrected chi connectivity index (χ3v) is 18.8. The molecule has 10 rings (SSSR count). The highest BCUT2D eigenvalue weighted by Crippen LogP contribution is 2.39. The molecule has 0 spiro atoms. The molecule has 91 heavy (non-hydrogen) atoms. The van der Waals surface area contributed by atoms with Crippen LogP contribution >= 0.6 is 22.7 Å². The fourth-order valence-corrected chi connectivity index (χ4v) is 13.8. The van der Waals surface area contributed by atoms with E-state index in [4.69, 9.17) is 24.7 Å². The Morgan fingerprint density at radius 3 is 1.31 bits per heavy atom. The number of nitrogens with zero attached hydrogens (tertiary/aromatic N) is 10. The number of aliphatic hydroxyl groups is 2. The number of halogens is 2. The highest BCUT2D eigenvalue weighted by molar-refractivity contribution is 7.21. The Kier molecular flexibility index (Phi) is 22.0. The average Bonchev–Trinajstić information content (AvgIpc) is 1.68. The lowest BCUT2D eigenvalue weighted by atomic mass is 9.91. The second-order valence-electron chi connectivity index (χ2n) is 24.7. The number of aliphatic hydroxyl groups excluding tert-OH is 2. The first kappa shape index (κ1) is 69.3. The standard InChI is InChI=1S/C32H40FN5O6S.C28H32FN5O7S.C3H9N/c1-18(2)15-26(40)32(4,5)37-28(41)27-19(3)29(38-34-13-14-35-38)45-30(27)36(31(37)42)17-25(44-22-10-8-21(39)9-11-22)23-16-20(33)7-12-24(23)43-6;1-15-22-23(36)33(28(2,3)26(37)38)27(39)32(25(22)42-24(15)34-30-11-12-31-34)14-21(41-18-8-6-17(35)7-9-18)19-13-16(29)5-10-20(19)40-4;1-3(2)4/h7,12-14,16,18,21-22,25,39H,8-11,15,17H2,1-6H3;5,10-13,17-18,21,35H,6-9,14H2,1-4H3,(H,37,38);3H,4H2,1-2H3/t21?,22?,25-;17?,18?,21-;/m00./s1. The summed E-state index contributed by atoms with van der Waals surface area (Å²) in [5.41, 5.74) is 0.669. The van der Waals surface area contributed by atoms with E-state index in [1.807, 2.05) is 27.7 Å². The molecule has 2 aliphatic carbocycles. The molecule has 0 unspecified atom stereocenters. The zero-order valence-corrected chi connectivity index (χ0v) is 54.8. The number of carbonyl (C=O) groups excluding carboxylic acids is 1. The molecule has 2 aliphatic rings. The Balaban J connectivity index is 0.000000222. The lowest BCUT2D eigenvalue weighted by molar-refractivity contribution is -0.146. The summed E-state index contributed by atoms with van der Waals surface area (Å²) in [5, 5.41) is 48.4. The quantitative estimate of drug-likeness (QED) is 0.0559. The van der Waals surface area contributed by atoms with Gasteiger partial charge in [0.2, 0.25) is 0 Å². The van der Waals surface area contributed by atoms with Crippen molar-refractivity contribution in [2.75, 3.05) is 14.2 Å². The molecular formula is C63H81F2N11O13S2. The normalized spacial score (nSPS) is 17.8. The molecule has 24 nitrogen and oxygen atoms in total. The second kappa shape index (κ2) is 28.9. The van der Waals surface area contributed by atoms with Gasteiger partial charge >= 0.3 is 17.3 Å². The van der Waals surface area contributed by atoms with Crippen molar-refractivity contribution in [2.24, 2.45) is 11.7 Å². The molecule has 2 saturated carbocycles. The van der Waals surface area contributed by atoms with Crippen molar-refractivity contribution in [2.45, 2.75) is 194 Å². The minimum Gasteiger partial charge on any atom is -0.496 e. The Hall–Kier alpha value is -7.60. The first-order valence-electron chi connectivity index (χ1n) is 30.2. The number of ketones is 1. The molecule has 6 aromatic heterocycles. The summed E-state index contributed by atoms with van der Waals surface area (Å²) in [6, 6.07) is 8.45. The number of Topliss-reactive ketones (excluding diaryl/α,β-unsaturated/α-hetero) is 1. The number of fused-ring (bicyclic) bond motifs is 2. The van der Waals surface area contributed by atoms with Gasteiger partial charge in [0.05, 0.1) is 87.3 Å².